The van der Waals surface area contributed by atoms with Crippen LogP contribution in [0.4, 0.5) is 0 Å². The molecule has 0 unspecified atom stereocenters. The van der Waals surface area contributed by atoms with Crippen molar-refractivity contribution in [1.29, 1.82) is 0 Å². The second-order valence-corrected chi connectivity index (χ2v) is 2.38. The fourth-order valence-corrected chi connectivity index (χ4v) is 0.841. The molecule has 0 saturated carbocycles. The fraction of sp³-hybridized carbons (Fsp3) is 0. The zero-order valence-corrected chi connectivity index (χ0v) is 6.13. The van der Waals surface area contributed by atoms with Crippen LogP contribution in [0.25, 0.3) is 0 Å². The Kier molecular flexibility index (Phi) is 2.01. The quantitative estimate of drug-likeness (QED) is 0.689. The Hall–Kier alpha value is -1.22. The summed E-state index contributed by atoms with van der Waals surface area (Å²) in [7, 11) is 0. The SMILES string of the molecule is O=C(O)c1cc(Cl)ccc1[O-]. The van der Waals surface area contributed by atoms with Gasteiger partial charge in [0.05, 0.1) is 5.56 Å². The second-order valence-electron chi connectivity index (χ2n) is 1.95. The summed E-state index contributed by atoms with van der Waals surface area (Å²) in [5, 5.41) is 19.5. The van der Waals surface area contributed by atoms with Crippen molar-refractivity contribution < 1.29 is 15.0 Å². The lowest BCUT2D eigenvalue weighted by molar-refractivity contribution is -0.268. The maximum atomic E-state index is 10.8. The van der Waals surface area contributed by atoms with Gasteiger partial charge in [0.1, 0.15) is 0 Å². The molecule has 0 atom stereocenters. The molecular weight excluding hydrogens is 168 g/mol. The zero-order valence-electron chi connectivity index (χ0n) is 5.37. The molecule has 0 aliphatic carbocycles. The van der Waals surface area contributed by atoms with E-state index in [2.05, 4.69) is 0 Å². The molecule has 1 rings (SSSR count). The summed E-state index contributed by atoms with van der Waals surface area (Å²) in [4.78, 5) is 10.3. The van der Waals surface area contributed by atoms with Crippen LogP contribution in [0.2, 0.25) is 5.02 Å². The lowest BCUT2D eigenvalue weighted by atomic mass is 10.2. The Bertz CT molecular complexity index is 296. The first-order valence-corrected chi connectivity index (χ1v) is 3.19. The molecule has 4 heteroatoms. The first-order chi connectivity index (χ1) is 5.11. The predicted molar refractivity (Wildman–Crippen MR) is 37.9 cm³/mol. The van der Waals surface area contributed by atoms with Gasteiger partial charge >= 0.3 is 5.97 Å². The van der Waals surface area contributed by atoms with Crippen LogP contribution in [-0.4, -0.2) is 11.1 Å². The van der Waals surface area contributed by atoms with Crippen LogP contribution in [0.3, 0.4) is 0 Å². The summed E-state index contributed by atoms with van der Waals surface area (Å²) in [6.45, 7) is 0. The minimum absolute atomic E-state index is 0.252. The Labute approximate surface area is 67.8 Å². The van der Waals surface area contributed by atoms with E-state index in [-0.39, 0.29) is 10.6 Å². The zero-order chi connectivity index (χ0) is 8.43. The van der Waals surface area contributed by atoms with Crippen molar-refractivity contribution in [1.82, 2.24) is 0 Å². The van der Waals surface area contributed by atoms with Gasteiger partial charge in [-0.15, -0.1) is 0 Å². The average molecular weight is 172 g/mol. The highest BCUT2D eigenvalue weighted by Crippen LogP contribution is 2.18. The molecule has 0 spiro atoms. The first kappa shape index (κ1) is 7.88. The van der Waals surface area contributed by atoms with Crippen LogP contribution >= 0.6 is 11.6 Å². The number of aromatic carboxylic acids is 1. The predicted octanol–water partition coefficient (Wildman–Crippen LogP) is 1.11. The second kappa shape index (κ2) is 2.80. The van der Waals surface area contributed by atoms with Crippen molar-refractivity contribution in [2.45, 2.75) is 0 Å². The Balaban J connectivity index is 3.23. The maximum absolute atomic E-state index is 10.8. The molecule has 11 heavy (non-hydrogen) atoms. The molecule has 0 bridgehead atoms. The fourth-order valence-electron chi connectivity index (χ4n) is 0.669. The summed E-state index contributed by atoms with van der Waals surface area (Å²) >= 11 is 5.46. The number of halogens is 1. The van der Waals surface area contributed by atoms with Crippen LogP contribution in [0.15, 0.2) is 18.2 Å². The van der Waals surface area contributed by atoms with E-state index >= 15 is 0 Å². The Morgan fingerprint density at radius 3 is 2.64 bits per heavy atom. The van der Waals surface area contributed by atoms with Crippen molar-refractivity contribution in [3.05, 3.63) is 28.8 Å². The Morgan fingerprint density at radius 1 is 1.55 bits per heavy atom. The van der Waals surface area contributed by atoms with Gasteiger partial charge in [0, 0.05) is 5.02 Å². The van der Waals surface area contributed by atoms with Gasteiger partial charge in [0.2, 0.25) is 0 Å². The third-order valence-corrected chi connectivity index (χ3v) is 1.41. The molecule has 0 fully saturated rings. The lowest BCUT2D eigenvalue weighted by Gasteiger charge is -2.08. The van der Waals surface area contributed by atoms with E-state index in [0.29, 0.717) is 0 Å². The van der Waals surface area contributed by atoms with Gasteiger partial charge in [-0.05, 0) is 12.1 Å². The Morgan fingerprint density at radius 2 is 2.18 bits per heavy atom. The smallest absolute Gasteiger partial charge is 0.335 e. The van der Waals surface area contributed by atoms with Crippen LogP contribution in [0, 0.1) is 0 Å². The largest absolute Gasteiger partial charge is 0.872 e. The molecule has 0 aliphatic heterocycles. The number of benzene rings is 1. The number of rotatable bonds is 1. The summed E-state index contributed by atoms with van der Waals surface area (Å²) in [6.07, 6.45) is 0. The topological polar surface area (TPSA) is 60.4 Å². The minimum atomic E-state index is -1.25. The first-order valence-electron chi connectivity index (χ1n) is 2.81. The number of carboxylic acids is 1. The van der Waals surface area contributed by atoms with Gasteiger partial charge in [-0.1, -0.05) is 23.4 Å². The molecule has 0 aliphatic rings. The number of carbonyl (C=O) groups is 1. The van der Waals surface area contributed by atoms with Gasteiger partial charge in [0.25, 0.3) is 0 Å². The van der Waals surface area contributed by atoms with Gasteiger partial charge in [-0.25, -0.2) is 4.79 Å². The van der Waals surface area contributed by atoms with Crippen molar-refractivity contribution >= 4 is 17.6 Å². The van der Waals surface area contributed by atoms with Crippen LogP contribution < -0.4 is 5.11 Å². The van der Waals surface area contributed by atoms with Crippen molar-refractivity contribution in [2.75, 3.05) is 0 Å². The van der Waals surface area contributed by atoms with E-state index < -0.39 is 11.7 Å². The van der Waals surface area contributed by atoms with Crippen LogP contribution in [-0.2, 0) is 0 Å². The highest BCUT2D eigenvalue weighted by molar-refractivity contribution is 6.31. The number of hydrogen-bond donors (Lipinski definition) is 1. The van der Waals surface area contributed by atoms with Gasteiger partial charge < -0.3 is 10.2 Å². The lowest BCUT2D eigenvalue weighted by Crippen LogP contribution is -2.02. The molecule has 1 aromatic carbocycles. The van der Waals surface area contributed by atoms with Crippen molar-refractivity contribution in [2.24, 2.45) is 0 Å². The molecule has 58 valence electrons. The average Bonchev–Trinajstić information content (AvgIpc) is 1.94. The van der Waals surface area contributed by atoms with E-state index in [1.54, 1.807) is 0 Å². The highest BCUT2D eigenvalue weighted by Gasteiger charge is 2.02. The van der Waals surface area contributed by atoms with E-state index in [4.69, 9.17) is 16.7 Å². The molecule has 0 saturated heterocycles. The van der Waals surface area contributed by atoms with Gasteiger partial charge in [-0.2, -0.15) is 0 Å². The van der Waals surface area contributed by atoms with Crippen LogP contribution in [0.5, 0.6) is 5.75 Å². The standard InChI is InChI=1S/C7H5ClO3/c8-4-1-2-6(9)5(3-4)7(10)11/h1-3,9H,(H,10,11)/p-1. The highest BCUT2D eigenvalue weighted by atomic mass is 35.5. The molecule has 1 aromatic rings. The molecule has 0 radical (unpaired) electrons. The number of hydrogen-bond acceptors (Lipinski definition) is 2. The molecule has 1 N–H and O–H groups in total. The third-order valence-electron chi connectivity index (χ3n) is 1.17. The summed E-state index contributed by atoms with van der Waals surface area (Å²) in [5.74, 6) is -1.78. The monoisotopic (exact) mass is 171 g/mol. The summed E-state index contributed by atoms with van der Waals surface area (Å²) < 4.78 is 0. The van der Waals surface area contributed by atoms with E-state index in [1.165, 1.54) is 6.07 Å². The third kappa shape index (κ3) is 1.62. The maximum Gasteiger partial charge on any atom is 0.335 e. The molecule has 3 nitrogen and oxygen atoms in total. The normalized spacial score (nSPS) is 9.55. The van der Waals surface area contributed by atoms with Gasteiger partial charge in [-0.3, -0.25) is 0 Å². The van der Waals surface area contributed by atoms with E-state index in [9.17, 15) is 9.90 Å². The van der Waals surface area contributed by atoms with Crippen molar-refractivity contribution in [3.63, 3.8) is 0 Å². The summed E-state index contributed by atoms with van der Waals surface area (Å²) in [6, 6.07) is 3.62. The van der Waals surface area contributed by atoms with Gasteiger partial charge in [0.15, 0.2) is 0 Å². The van der Waals surface area contributed by atoms with Crippen LogP contribution in [0.1, 0.15) is 10.4 Å². The van der Waals surface area contributed by atoms with Crippen molar-refractivity contribution in [3.8, 4) is 5.75 Å². The minimum Gasteiger partial charge on any atom is -0.872 e. The molecular formula is C7H4ClO3-. The molecule has 0 amide bonds. The molecule has 0 heterocycles. The summed E-state index contributed by atoms with van der Waals surface area (Å²) in [5.41, 5.74) is -0.294. The number of carboxylic acid groups (broad SMARTS) is 1. The van der Waals surface area contributed by atoms with E-state index in [0.717, 1.165) is 12.1 Å². The molecule has 0 aromatic heterocycles. The van der Waals surface area contributed by atoms with E-state index in [1.807, 2.05) is 0 Å².